The molecule has 0 aliphatic rings. The summed E-state index contributed by atoms with van der Waals surface area (Å²) in [5.41, 5.74) is 2.14. The Morgan fingerprint density at radius 1 is 1.23 bits per heavy atom. The number of carbonyl (C=O) groups excluding carboxylic acids is 1. The van der Waals surface area contributed by atoms with Gasteiger partial charge < -0.3 is 10.2 Å². The second-order valence-corrected chi connectivity index (χ2v) is 6.31. The van der Waals surface area contributed by atoms with Crippen LogP contribution in [0.25, 0.3) is 11.1 Å². The van der Waals surface area contributed by atoms with Crippen LogP contribution in [0.5, 0.6) is 0 Å². The number of halogens is 2. The number of thiol groups is 1. The fourth-order valence-electron chi connectivity index (χ4n) is 2.44. The summed E-state index contributed by atoms with van der Waals surface area (Å²) in [6.45, 7) is 5.34. The zero-order valence-electron chi connectivity index (χ0n) is 16.3. The van der Waals surface area contributed by atoms with Gasteiger partial charge in [0.2, 0.25) is 0 Å². The average Bonchev–Trinajstić information content (AvgIpc) is 2.75. The van der Waals surface area contributed by atoms with E-state index >= 15 is 0 Å². The molecule has 0 unspecified atom stereocenters. The number of hydrogen-bond donors (Lipinski definition) is 2. The van der Waals surface area contributed by atoms with Crippen LogP contribution in [-0.4, -0.2) is 31.4 Å². The highest BCUT2D eigenvalue weighted by molar-refractivity contribution is 7.85. The summed E-state index contributed by atoms with van der Waals surface area (Å²) in [7, 11) is 0. The van der Waals surface area contributed by atoms with Crippen molar-refractivity contribution in [1.82, 2.24) is 0 Å². The lowest BCUT2D eigenvalue weighted by molar-refractivity contribution is -0.112. The summed E-state index contributed by atoms with van der Waals surface area (Å²) in [5.74, 6) is -0.769. The lowest BCUT2D eigenvalue weighted by Gasteiger charge is -2.12. The van der Waals surface area contributed by atoms with E-state index in [1.54, 1.807) is 24.4 Å². The van der Waals surface area contributed by atoms with Crippen LogP contribution < -0.4 is 5.32 Å². The smallest absolute Gasteiger partial charge is 0.281 e. The Bertz CT molecular complexity index is 971. The molecule has 0 aliphatic carbocycles. The molecule has 0 aromatic heterocycles. The number of oxime groups is 1. The molecule has 0 saturated heterocycles. The minimum absolute atomic E-state index is 0.320. The molecular formula is C22H21F2N3O2S. The van der Waals surface area contributed by atoms with Gasteiger partial charge in [0, 0.05) is 17.5 Å². The zero-order valence-corrected chi connectivity index (χ0v) is 17.2. The molecule has 2 aromatic rings. The maximum Gasteiger partial charge on any atom is 0.281 e. The van der Waals surface area contributed by atoms with Crippen LogP contribution in [0.15, 0.2) is 81.9 Å². The Balaban J connectivity index is 2.26. The summed E-state index contributed by atoms with van der Waals surface area (Å²) >= 11 is 3.95. The van der Waals surface area contributed by atoms with Gasteiger partial charge in [0.1, 0.15) is 12.3 Å². The number of nitrogens with zero attached hydrogens (tertiary/aromatic N) is 2. The van der Waals surface area contributed by atoms with Crippen molar-refractivity contribution in [3.05, 3.63) is 77.4 Å². The highest BCUT2D eigenvalue weighted by atomic mass is 32.1. The first-order chi connectivity index (χ1) is 14.5. The van der Waals surface area contributed by atoms with Crippen LogP contribution >= 0.6 is 12.6 Å². The van der Waals surface area contributed by atoms with E-state index < -0.39 is 22.9 Å². The van der Waals surface area contributed by atoms with Crippen LogP contribution in [0.3, 0.4) is 0 Å². The van der Waals surface area contributed by atoms with E-state index in [1.165, 1.54) is 13.1 Å². The normalized spacial score (nSPS) is 12.3. The Morgan fingerprint density at radius 2 is 1.93 bits per heavy atom. The monoisotopic (exact) mass is 429 g/mol. The summed E-state index contributed by atoms with van der Waals surface area (Å²) in [4.78, 5) is 20.5. The minimum atomic E-state index is -2.92. The standard InChI is InChI=1S/C22H21F2N3O2S/c1-3-13-29-26-14-15-9-11-16(12-10-15)17-7-5-6-8-18(17)27-22(28)20(30)19(21(23)24)25-4-2/h3-12,14,21,30H,1,13H2,2H3,(H,27,28)/b20-19-,25-4?,26-14-. The zero-order chi connectivity index (χ0) is 21.9. The van der Waals surface area contributed by atoms with Gasteiger partial charge in [-0.1, -0.05) is 60.3 Å². The second kappa shape index (κ2) is 11.7. The topological polar surface area (TPSA) is 63.0 Å². The number of nitrogens with one attached hydrogen (secondary N) is 1. The molecule has 0 aliphatic heterocycles. The maximum atomic E-state index is 13.1. The molecule has 30 heavy (non-hydrogen) atoms. The van der Waals surface area contributed by atoms with Gasteiger partial charge in [-0.3, -0.25) is 9.79 Å². The highest BCUT2D eigenvalue weighted by Gasteiger charge is 2.20. The number of benzene rings is 2. The Morgan fingerprint density at radius 3 is 2.57 bits per heavy atom. The molecule has 156 valence electrons. The quantitative estimate of drug-likeness (QED) is 0.141. The molecule has 1 N–H and O–H groups in total. The Hall–Kier alpha value is -3.26. The molecular weight excluding hydrogens is 408 g/mol. The molecule has 0 heterocycles. The molecule has 0 saturated carbocycles. The van der Waals surface area contributed by atoms with E-state index in [4.69, 9.17) is 4.84 Å². The SMILES string of the molecule is C=CCO/N=C\c1ccc(-c2ccccc2NC(=O)/C(S)=C(/N=CC)C(F)F)cc1. The number of para-hydroxylation sites is 1. The fraction of sp³-hybridized carbons (Fsp3) is 0.136. The minimum Gasteiger partial charge on any atom is -0.392 e. The molecule has 1 amide bonds. The third-order valence-electron chi connectivity index (χ3n) is 3.80. The number of aliphatic imine (C=N–C) groups is 1. The third kappa shape index (κ3) is 6.38. The highest BCUT2D eigenvalue weighted by Crippen LogP contribution is 2.29. The van der Waals surface area contributed by atoms with E-state index in [1.807, 2.05) is 36.4 Å². The molecule has 2 rings (SSSR count). The first-order valence-electron chi connectivity index (χ1n) is 8.95. The molecule has 2 aromatic carbocycles. The van der Waals surface area contributed by atoms with E-state index in [0.717, 1.165) is 16.7 Å². The molecule has 8 heteroatoms. The first-order valence-corrected chi connectivity index (χ1v) is 9.39. The van der Waals surface area contributed by atoms with Crippen LogP contribution in [0.2, 0.25) is 0 Å². The number of carbonyl (C=O) groups is 1. The van der Waals surface area contributed by atoms with Crippen molar-refractivity contribution in [2.24, 2.45) is 10.1 Å². The summed E-state index contributed by atoms with van der Waals surface area (Å²) < 4.78 is 26.2. The Labute approximate surface area is 179 Å². The summed E-state index contributed by atoms with van der Waals surface area (Å²) in [5, 5.41) is 6.45. The van der Waals surface area contributed by atoms with Crippen LogP contribution in [0, 0.1) is 0 Å². The van der Waals surface area contributed by atoms with E-state index in [-0.39, 0.29) is 0 Å². The predicted octanol–water partition coefficient (Wildman–Crippen LogP) is 5.33. The van der Waals surface area contributed by atoms with Crippen molar-refractivity contribution in [2.45, 2.75) is 13.3 Å². The van der Waals surface area contributed by atoms with Crippen molar-refractivity contribution in [1.29, 1.82) is 0 Å². The molecule has 0 bridgehead atoms. The van der Waals surface area contributed by atoms with Gasteiger partial charge in [-0.2, -0.15) is 0 Å². The van der Waals surface area contributed by atoms with Crippen molar-refractivity contribution < 1.29 is 18.4 Å². The van der Waals surface area contributed by atoms with E-state index in [9.17, 15) is 13.6 Å². The van der Waals surface area contributed by atoms with Crippen LogP contribution in [-0.2, 0) is 9.63 Å². The molecule has 0 atom stereocenters. The van der Waals surface area contributed by atoms with Gasteiger partial charge in [-0.05, 0) is 24.1 Å². The fourth-order valence-corrected chi connectivity index (χ4v) is 2.66. The van der Waals surface area contributed by atoms with Crippen LogP contribution in [0.4, 0.5) is 14.5 Å². The lowest BCUT2D eigenvalue weighted by atomic mass is 10.0. The van der Waals surface area contributed by atoms with Gasteiger partial charge in [0.25, 0.3) is 12.3 Å². The number of rotatable bonds is 9. The molecule has 0 radical (unpaired) electrons. The van der Waals surface area contributed by atoms with Crippen molar-refractivity contribution in [3.63, 3.8) is 0 Å². The predicted molar refractivity (Wildman–Crippen MR) is 120 cm³/mol. The number of amides is 1. The summed E-state index contributed by atoms with van der Waals surface area (Å²) in [6.07, 6.45) is 1.43. The van der Waals surface area contributed by atoms with Gasteiger partial charge in [-0.15, -0.1) is 12.6 Å². The van der Waals surface area contributed by atoms with Crippen molar-refractivity contribution in [3.8, 4) is 11.1 Å². The van der Waals surface area contributed by atoms with Gasteiger partial charge >= 0.3 is 0 Å². The molecule has 5 nitrogen and oxygen atoms in total. The molecule has 0 fully saturated rings. The van der Waals surface area contributed by atoms with Gasteiger partial charge in [-0.25, -0.2) is 8.78 Å². The number of alkyl halides is 2. The van der Waals surface area contributed by atoms with E-state index in [0.29, 0.717) is 12.3 Å². The Kier molecular flexibility index (Phi) is 8.96. The number of hydrogen-bond acceptors (Lipinski definition) is 5. The lowest BCUT2D eigenvalue weighted by Crippen LogP contribution is -2.15. The third-order valence-corrected chi connectivity index (χ3v) is 4.23. The first kappa shape index (κ1) is 23.0. The van der Waals surface area contributed by atoms with Crippen LogP contribution in [0.1, 0.15) is 12.5 Å². The average molecular weight is 429 g/mol. The number of allylic oxidation sites excluding steroid dienone is 1. The van der Waals surface area contributed by atoms with Gasteiger partial charge in [0.15, 0.2) is 0 Å². The number of anilines is 1. The maximum absolute atomic E-state index is 13.1. The van der Waals surface area contributed by atoms with E-state index in [2.05, 4.69) is 34.7 Å². The van der Waals surface area contributed by atoms with Gasteiger partial charge in [0.05, 0.1) is 11.1 Å². The summed E-state index contributed by atoms with van der Waals surface area (Å²) in [6, 6.07) is 14.4. The second-order valence-electron chi connectivity index (χ2n) is 5.86. The molecule has 0 spiro atoms. The largest absolute Gasteiger partial charge is 0.392 e. The van der Waals surface area contributed by atoms with Crippen molar-refractivity contribution in [2.75, 3.05) is 11.9 Å². The van der Waals surface area contributed by atoms with Crippen molar-refractivity contribution >= 4 is 36.7 Å².